The topological polar surface area (TPSA) is 73.5 Å². The summed E-state index contributed by atoms with van der Waals surface area (Å²) in [5, 5.41) is 8.74. The van der Waals surface area contributed by atoms with Crippen LogP contribution in [0.3, 0.4) is 0 Å². The van der Waals surface area contributed by atoms with Crippen LogP contribution in [0.2, 0.25) is 0 Å². The van der Waals surface area contributed by atoms with Gasteiger partial charge in [-0.2, -0.15) is 0 Å². The number of rotatable bonds is 10. The van der Waals surface area contributed by atoms with Crippen LogP contribution in [-0.4, -0.2) is 56.5 Å². The van der Waals surface area contributed by atoms with Gasteiger partial charge in [0.1, 0.15) is 0 Å². The Bertz CT molecular complexity index is 522. The van der Waals surface area contributed by atoms with Gasteiger partial charge >= 0.3 is 0 Å². The molecule has 150 valence electrons. The number of nitrogens with zero attached hydrogens (tertiary/aromatic N) is 1. The minimum atomic E-state index is -0.113. The maximum Gasteiger partial charge on any atom is 0.251 e. The van der Waals surface area contributed by atoms with Crippen molar-refractivity contribution in [2.24, 2.45) is 5.92 Å². The second-order valence-electron chi connectivity index (χ2n) is 5.81. The molecule has 3 N–H and O–H groups in total. The van der Waals surface area contributed by atoms with Crippen LogP contribution >= 0.6 is 24.8 Å². The Morgan fingerprint density at radius 3 is 2.15 bits per heavy atom. The first-order valence-corrected chi connectivity index (χ1v) is 8.57. The molecule has 0 saturated heterocycles. The SMILES string of the molecule is CCN(CC)CCNC(=O)c1ccc(NC(=O)C(C)CNC)cc1.Cl.Cl. The zero-order valence-electron chi connectivity index (χ0n) is 16.0. The third kappa shape index (κ3) is 9.38. The first-order chi connectivity index (χ1) is 11.5. The minimum absolute atomic E-state index is 0. The molecule has 1 aromatic carbocycles. The lowest BCUT2D eigenvalue weighted by Crippen LogP contribution is -2.34. The number of nitrogens with one attached hydrogen (secondary N) is 3. The van der Waals surface area contributed by atoms with E-state index in [1.165, 1.54) is 0 Å². The first kappa shape index (κ1) is 26.9. The summed E-state index contributed by atoms with van der Waals surface area (Å²) in [7, 11) is 1.82. The molecule has 0 aliphatic rings. The van der Waals surface area contributed by atoms with Gasteiger partial charge in [0.25, 0.3) is 5.91 Å². The number of benzene rings is 1. The molecule has 0 spiro atoms. The predicted molar refractivity (Wildman–Crippen MR) is 113 cm³/mol. The average Bonchev–Trinajstić information content (AvgIpc) is 2.59. The lowest BCUT2D eigenvalue weighted by molar-refractivity contribution is -0.119. The summed E-state index contributed by atoms with van der Waals surface area (Å²) >= 11 is 0. The van der Waals surface area contributed by atoms with Crippen molar-refractivity contribution < 1.29 is 9.59 Å². The first-order valence-electron chi connectivity index (χ1n) is 8.57. The van der Waals surface area contributed by atoms with Crippen molar-refractivity contribution in [2.75, 3.05) is 45.1 Å². The molecule has 0 aliphatic carbocycles. The fourth-order valence-electron chi connectivity index (χ4n) is 2.34. The lowest BCUT2D eigenvalue weighted by Gasteiger charge is -2.18. The summed E-state index contributed by atoms with van der Waals surface area (Å²) in [4.78, 5) is 26.3. The van der Waals surface area contributed by atoms with Gasteiger partial charge in [-0.3, -0.25) is 9.59 Å². The molecule has 0 fully saturated rings. The quantitative estimate of drug-likeness (QED) is 0.557. The van der Waals surface area contributed by atoms with Crippen molar-refractivity contribution in [1.82, 2.24) is 15.5 Å². The fourth-order valence-corrected chi connectivity index (χ4v) is 2.34. The molecule has 6 nitrogen and oxygen atoms in total. The standard InChI is InChI=1S/C18H30N4O2.2ClH/c1-5-22(6-2)12-11-20-18(24)15-7-9-16(10-8-15)21-17(23)14(3)13-19-4;;/h7-10,14,19H,5-6,11-13H2,1-4H3,(H,20,24)(H,21,23);2*1H. The minimum Gasteiger partial charge on any atom is -0.351 e. The molecule has 0 saturated carbocycles. The molecule has 0 heterocycles. The molecule has 0 bridgehead atoms. The summed E-state index contributed by atoms with van der Waals surface area (Å²) in [5.41, 5.74) is 1.29. The van der Waals surface area contributed by atoms with Crippen LogP contribution in [0.1, 0.15) is 31.1 Å². The van der Waals surface area contributed by atoms with Crippen LogP contribution < -0.4 is 16.0 Å². The number of amides is 2. The van der Waals surface area contributed by atoms with E-state index in [4.69, 9.17) is 0 Å². The molecular formula is C18H32Cl2N4O2. The molecular weight excluding hydrogens is 375 g/mol. The second kappa shape index (κ2) is 14.8. The highest BCUT2D eigenvalue weighted by Gasteiger charge is 2.12. The van der Waals surface area contributed by atoms with Crippen LogP contribution in [0.5, 0.6) is 0 Å². The molecule has 0 radical (unpaired) electrons. The van der Waals surface area contributed by atoms with Crippen molar-refractivity contribution in [2.45, 2.75) is 20.8 Å². The van der Waals surface area contributed by atoms with Crippen LogP contribution in [-0.2, 0) is 4.79 Å². The molecule has 0 aromatic heterocycles. The summed E-state index contributed by atoms with van der Waals surface area (Å²) in [6.07, 6.45) is 0. The van der Waals surface area contributed by atoms with Gasteiger partial charge in [-0.25, -0.2) is 0 Å². The third-order valence-electron chi connectivity index (χ3n) is 3.98. The highest BCUT2D eigenvalue weighted by atomic mass is 35.5. The van der Waals surface area contributed by atoms with Crippen LogP contribution in [0.4, 0.5) is 5.69 Å². The van der Waals surface area contributed by atoms with Crippen molar-refractivity contribution >= 4 is 42.3 Å². The number of hydrogen-bond donors (Lipinski definition) is 3. The Morgan fingerprint density at radius 2 is 1.65 bits per heavy atom. The summed E-state index contributed by atoms with van der Waals surface area (Å²) < 4.78 is 0. The van der Waals surface area contributed by atoms with Gasteiger partial charge in [0.05, 0.1) is 0 Å². The monoisotopic (exact) mass is 406 g/mol. The number of carbonyl (C=O) groups excluding carboxylic acids is 2. The molecule has 2 amide bonds. The average molecular weight is 407 g/mol. The maximum absolute atomic E-state index is 12.1. The summed E-state index contributed by atoms with van der Waals surface area (Å²) in [6.45, 7) is 10.1. The highest BCUT2D eigenvalue weighted by molar-refractivity contribution is 5.96. The molecule has 1 rings (SSSR count). The molecule has 8 heteroatoms. The number of carbonyl (C=O) groups is 2. The van der Waals surface area contributed by atoms with Crippen LogP contribution in [0.15, 0.2) is 24.3 Å². The van der Waals surface area contributed by atoms with E-state index in [2.05, 4.69) is 34.7 Å². The third-order valence-corrected chi connectivity index (χ3v) is 3.98. The van der Waals surface area contributed by atoms with Crippen LogP contribution in [0, 0.1) is 5.92 Å². The van der Waals surface area contributed by atoms with Gasteiger partial charge in [-0.05, 0) is 44.4 Å². The maximum atomic E-state index is 12.1. The Hall–Kier alpha value is -1.34. The normalized spacial score (nSPS) is 11.1. The smallest absolute Gasteiger partial charge is 0.251 e. The van der Waals surface area contributed by atoms with Gasteiger partial charge in [0.2, 0.25) is 5.91 Å². The molecule has 1 aromatic rings. The zero-order valence-corrected chi connectivity index (χ0v) is 17.6. The van der Waals surface area contributed by atoms with E-state index >= 15 is 0 Å². The number of hydrogen-bond acceptors (Lipinski definition) is 4. The van der Waals surface area contributed by atoms with Crippen molar-refractivity contribution in [3.63, 3.8) is 0 Å². The van der Waals surface area contributed by atoms with E-state index in [-0.39, 0.29) is 42.5 Å². The Kier molecular flexibility index (Phi) is 15.3. The molecule has 1 unspecified atom stereocenters. The van der Waals surface area contributed by atoms with E-state index in [1.54, 1.807) is 24.3 Å². The van der Waals surface area contributed by atoms with Crippen molar-refractivity contribution in [1.29, 1.82) is 0 Å². The second-order valence-corrected chi connectivity index (χ2v) is 5.81. The van der Waals surface area contributed by atoms with Gasteiger partial charge in [0, 0.05) is 36.8 Å². The van der Waals surface area contributed by atoms with E-state index < -0.39 is 0 Å². The predicted octanol–water partition coefficient (Wildman–Crippen LogP) is 2.40. The van der Waals surface area contributed by atoms with E-state index in [9.17, 15) is 9.59 Å². The van der Waals surface area contributed by atoms with Crippen molar-refractivity contribution in [3.05, 3.63) is 29.8 Å². The summed E-state index contributed by atoms with van der Waals surface area (Å²) in [6, 6.07) is 6.96. The number of anilines is 1. The van der Waals surface area contributed by atoms with E-state index in [0.717, 1.165) is 19.6 Å². The van der Waals surface area contributed by atoms with E-state index in [1.807, 2.05) is 14.0 Å². The fraction of sp³-hybridized carbons (Fsp3) is 0.556. The Labute approximate surface area is 169 Å². The van der Waals surface area contributed by atoms with Crippen molar-refractivity contribution in [3.8, 4) is 0 Å². The summed E-state index contributed by atoms with van der Waals surface area (Å²) in [5.74, 6) is -0.248. The van der Waals surface area contributed by atoms with Gasteiger partial charge in [-0.15, -0.1) is 24.8 Å². The largest absolute Gasteiger partial charge is 0.351 e. The molecule has 1 atom stereocenters. The molecule has 0 aliphatic heterocycles. The number of likely N-dealkylation sites (N-methyl/N-ethyl adjacent to an activating group) is 1. The number of halogens is 2. The Balaban J connectivity index is 0. The Morgan fingerprint density at radius 1 is 1.08 bits per heavy atom. The lowest BCUT2D eigenvalue weighted by atomic mass is 10.1. The van der Waals surface area contributed by atoms with Gasteiger partial charge in [0.15, 0.2) is 0 Å². The van der Waals surface area contributed by atoms with Gasteiger partial charge < -0.3 is 20.9 Å². The van der Waals surface area contributed by atoms with E-state index in [0.29, 0.717) is 24.3 Å². The highest BCUT2D eigenvalue weighted by Crippen LogP contribution is 2.11. The molecule has 26 heavy (non-hydrogen) atoms. The zero-order chi connectivity index (χ0) is 17.9. The van der Waals surface area contributed by atoms with Gasteiger partial charge in [-0.1, -0.05) is 20.8 Å². The van der Waals surface area contributed by atoms with Crippen LogP contribution in [0.25, 0.3) is 0 Å².